The van der Waals surface area contributed by atoms with Crippen molar-refractivity contribution in [2.45, 2.75) is 19.9 Å². The molecular weight excluding hydrogens is 422 g/mol. The second-order valence-electron chi connectivity index (χ2n) is 8.77. The van der Waals surface area contributed by atoms with E-state index in [0.29, 0.717) is 11.9 Å². The van der Waals surface area contributed by atoms with Crippen LogP contribution in [0, 0.1) is 0 Å². The lowest BCUT2D eigenvalue weighted by molar-refractivity contribution is 0.313. The van der Waals surface area contributed by atoms with Crippen LogP contribution in [0.4, 0.5) is 11.4 Å². The van der Waals surface area contributed by atoms with Gasteiger partial charge in [0.15, 0.2) is 0 Å². The van der Waals surface area contributed by atoms with Crippen LogP contribution >= 0.6 is 0 Å². The van der Waals surface area contributed by atoms with E-state index in [1.165, 1.54) is 11.3 Å². The molecule has 1 fully saturated rings. The summed E-state index contributed by atoms with van der Waals surface area (Å²) in [5.74, 6) is 0.772. The van der Waals surface area contributed by atoms with Crippen LogP contribution in [0.2, 0.25) is 0 Å². The van der Waals surface area contributed by atoms with Crippen LogP contribution in [0.1, 0.15) is 12.5 Å². The minimum atomic E-state index is -0.0441. The van der Waals surface area contributed by atoms with E-state index >= 15 is 0 Å². The van der Waals surface area contributed by atoms with Crippen molar-refractivity contribution in [1.82, 2.24) is 9.47 Å². The van der Waals surface area contributed by atoms with Crippen LogP contribution < -0.4 is 26.3 Å². The monoisotopic (exact) mass is 455 g/mol. The van der Waals surface area contributed by atoms with Crippen LogP contribution in [-0.2, 0) is 13.0 Å². The molecule has 6 heteroatoms. The van der Waals surface area contributed by atoms with Gasteiger partial charge in [-0.1, -0.05) is 36.9 Å². The number of rotatable bonds is 6. The highest BCUT2D eigenvalue weighted by Gasteiger charge is 2.13. The Labute approximate surface area is 201 Å². The van der Waals surface area contributed by atoms with E-state index in [0.717, 1.165) is 49.3 Å². The molecule has 2 heterocycles. The number of hydrogen-bond acceptors (Lipinski definition) is 4. The van der Waals surface area contributed by atoms with Crippen molar-refractivity contribution < 1.29 is 0 Å². The van der Waals surface area contributed by atoms with E-state index in [1.54, 1.807) is 22.9 Å². The first-order valence-corrected chi connectivity index (χ1v) is 11.8. The number of hydrogen-bond donors (Lipinski definition) is 1. The first-order chi connectivity index (χ1) is 16.5. The van der Waals surface area contributed by atoms with Gasteiger partial charge < -0.3 is 19.7 Å². The molecule has 1 aliphatic heterocycles. The fraction of sp³-hybridized carbons (Fsp3) is 0.286. The molecule has 0 spiro atoms. The smallest absolute Gasteiger partial charge is 0.251 e. The minimum absolute atomic E-state index is 0.0441. The average molecular weight is 456 g/mol. The van der Waals surface area contributed by atoms with Crippen LogP contribution in [0.15, 0.2) is 76.5 Å². The molecule has 2 aromatic carbocycles. The number of aryl methyl sites for hydroxylation is 1. The molecule has 1 N–H and O–H groups in total. The van der Waals surface area contributed by atoms with Gasteiger partial charge in [0.25, 0.3) is 5.56 Å². The summed E-state index contributed by atoms with van der Waals surface area (Å²) in [6, 6.07) is 22.0. The molecule has 3 aromatic rings. The Kier molecular flexibility index (Phi) is 7.60. The van der Waals surface area contributed by atoms with Gasteiger partial charge >= 0.3 is 0 Å². The molecule has 0 atom stereocenters. The Morgan fingerprint density at radius 1 is 1.00 bits per heavy atom. The Morgan fingerprint density at radius 3 is 2.41 bits per heavy atom. The Bertz CT molecular complexity index is 1290. The van der Waals surface area contributed by atoms with Gasteiger partial charge in [0.2, 0.25) is 0 Å². The first kappa shape index (κ1) is 23.5. The second-order valence-corrected chi connectivity index (χ2v) is 8.77. The lowest BCUT2D eigenvalue weighted by Gasteiger charge is -2.34. The molecule has 1 saturated heterocycles. The fourth-order valence-corrected chi connectivity index (χ4v) is 4.11. The number of likely N-dealkylation sites (N-methyl/N-ethyl adjacent to an activating group) is 1. The maximum absolute atomic E-state index is 12.4. The number of nitrogens with zero attached hydrogens (tertiary/aromatic N) is 4. The number of anilines is 2. The minimum Gasteiger partial charge on any atom is -0.369 e. The summed E-state index contributed by atoms with van der Waals surface area (Å²) in [6.07, 6.45) is 2.54. The van der Waals surface area contributed by atoms with Crippen molar-refractivity contribution in [2.75, 3.05) is 43.4 Å². The number of aliphatic imine (C=N–C) groups is 1. The number of amidine groups is 1. The zero-order valence-electron chi connectivity index (χ0n) is 20.1. The third kappa shape index (κ3) is 6.02. The molecule has 34 heavy (non-hydrogen) atoms. The van der Waals surface area contributed by atoms with Crippen LogP contribution in [0.5, 0.6) is 0 Å². The third-order valence-electron chi connectivity index (χ3n) is 6.26. The summed E-state index contributed by atoms with van der Waals surface area (Å²) in [6.45, 7) is 11.0. The van der Waals surface area contributed by atoms with Gasteiger partial charge in [-0.2, -0.15) is 0 Å². The molecule has 0 radical (unpaired) electrons. The van der Waals surface area contributed by atoms with Gasteiger partial charge in [-0.05, 0) is 56.3 Å². The molecule has 0 bridgehead atoms. The summed E-state index contributed by atoms with van der Waals surface area (Å²) in [5, 5.41) is 4.85. The Hall–Kier alpha value is -3.64. The largest absolute Gasteiger partial charge is 0.369 e. The maximum atomic E-state index is 12.4. The summed E-state index contributed by atoms with van der Waals surface area (Å²) in [5.41, 5.74) is 3.40. The van der Waals surface area contributed by atoms with Crippen LogP contribution in [-0.4, -0.2) is 48.5 Å². The highest BCUT2D eigenvalue weighted by Crippen LogP contribution is 2.19. The normalized spacial score (nSPS) is 15.5. The van der Waals surface area contributed by atoms with Gasteiger partial charge in [0.05, 0.1) is 0 Å². The topological polar surface area (TPSA) is 52.9 Å². The third-order valence-corrected chi connectivity index (χ3v) is 6.26. The molecule has 6 nitrogen and oxygen atoms in total. The Morgan fingerprint density at radius 2 is 1.71 bits per heavy atom. The van der Waals surface area contributed by atoms with Crippen molar-refractivity contribution in [2.24, 2.45) is 4.99 Å². The molecular formula is C28H33N5O. The van der Waals surface area contributed by atoms with Crippen LogP contribution in [0.3, 0.4) is 0 Å². The van der Waals surface area contributed by atoms with E-state index < -0.39 is 0 Å². The highest BCUT2D eigenvalue weighted by atomic mass is 16.1. The predicted octanol–water partition coefficient (Wildman–Crippen LogP) is 2.52. The lowest BCUT2D eigenvalue weighted by atomic mass is 10.1. The number of nitrogens with one attached hydrogen (secondary N) is 1. The quantitative estimate of drug-likeness (QED) is 0.459. The summed E-state index contributed by atoms with van der Waals surface area (Å²) in [7, 11) is 2.17. The van der Waals surface area contributed by atoms with E-state index in [4.69, 9.17) is 0 Å². The number of piperazine rings is 1. The molecule has 4 rings (SSSR count). The van der Waals surface area contributed by atoms with Gasteiger partial charge in [-0.25, -0.2) is 4.99 Å². The van der Waals surface area contributed by atoms with E-state index in [2.05, 4.69) is 70.1 Å². The number of pyridine rings is 1. The number of aromatic nitrogens is 1. The second kappa shape index (κ2) is 11.0. The Balaban J connectivity index is 1.43. The van der Waals surface area contributed by atoms with Gasteiger partial charge in [-0.15, -0.1) is 0 Å². The SMILES string of the molecule is C=c1/c(=C\N=C(C)Nc2ccc(N3CCN(C)CC3)cc2)ccc(=O)n1CCc1ccccc1. The van der Waals surface area contributed by atoms with Gasteiger partial charge in [0.1, 0.15) is 5.84 Å². The van der Waals surface area contributed by atoms with Crippen molar-refractivity contribution in [3.05, 3.63) is 93.2 Å². The van der Waals surface area contributed by atoms with Crippen molar-refractivity contribution in [1.29, 1.82) is 0 Å². The molecule has 0 saturated carbocycles. The maximum Gasteiger partial charge on any atom is 0.251 e. The summed E-state index contributed by atoms with van der Waals surface area (Å²) in [4.78, 5) is 21.7. The molecule has 0 unspecified atom stereocenters. The molecule has 1 aliphatic rings. The van der Waals surface area contributed by atoms with Gasteiger partial charge in [-0.3, -0.25) is 4.79 Å². The molecule has 176 valence electrons. The van der Waals surface area contributed by atoms with Gasteiger partial charge in [0, 0.05) is 66.9 Å². The molecule has 1 aromatic heterocycles. The van der Waals surface area contributed by atoms with Crippen LogP contribution in [0.25, 0.3) is 12.8 Å². The molecule has 0 aliphatic carbocycles. The first-order valence-electron chi connectivity index (χ1n) is 11.8. The van der Waals surface area contributed by atoms with Crippen molar-refractivity contribution >= 4 is 30.0 Å². The number of benzene rings is 2. The standard InChI is InChI=1S/C28H33N5O/c1-22-25(9-14-28(34)33(22)16-15-24-7-5-4-6-8-24)21-29-23(2)30-26-10-12-27(13-11-26)32-19-17-31(3)18-20-32/h4-14,21H,1,15-20H2,2-3H3,(H,29,30)/b25-21-. The van der Waals surface area contributed by atoms with Crippen molar-refractivity contribution in [3.63, 3.8) is 0 Å². The summed E-state index contributed by atoms with van der Waals surface area (Å²) >= 11 is 0. The van der Waals surface area contributed by atoms with Crippen molar-refractivity contribution in [3.8, 4) is 0 Å². The predicted molar refractivity (Wildman–Crippen MR) is 143 cm³/mol. The highest BCUT2D eigenvalue weighted by molar-refractivity contribution is 5.95. The summed E-state index contributed by atoms with van der Waals surface area (Å²) < 4.78 is 1.72. The fourth-order valence-electron chi connectivity index (χ4n) is 4.11. The van der Waals surface area contributed by atoms with E-state index in [1.807, 2.05) is 25.1 Å². The molecule has 0 amide bonds. The van der Waals surface area contributed by atoms with E-state index in [9.17, 15) is 4.79 Å². The zero-order valence-corrected chi connectivity index (χ0v) is 20.1. The average Bonchev–Trinajstić information content (AvgIpc) is 2.85. The zero-order chi connectivity index (χ0) is 23.9. The van der Waals surface area contributed by atoms with E-state index in [-0.39, 0.29) is 5.56 Å². The lowest BCUT2D eigenvalue weighted by Crippen LogP contribution is -2.44.